The Morgan fingerprint density at radius 1 is 1.42 bits per heavy atom. The molecule has 1 amide bonds. The molecule has 0 radical (unpaired) electrons. The van der Waals surface area contributed by atoms with Crippen LogP contribution in [-0.4, -0.2) is 30.7 Å². The average molecular weight is 264 g/mol. The maximum absolute atomic E-state index is 11.7. The number of anilines is 1. The molecule has 1 aromatic rings. The van der Waals surface area contributed by atoms with E-state index < -0.39 is 0 Å². The van der Waals surface area contributed by atoms with Gasteiger partial charge in [0.25, 0.3) is 5.91 Å². The van der Waals surface area contributed by atoms with Crippen LogP contribution in [0.3, 0.4) is 0 Å². The van der Waals surface area contributed by atoms with Gasteiger partial charge in [-0.3, -0.25) is 4.79 Å². The minimum Gasteiger partial charge on any atom is -0.497 e. The standard InChI is InChI=1S/C14H20N2O3/c1-18-12-7-8-15-13(9-12)16-14(17)10-19-11-5-3-2-4-6-11/h7-9,11H,2-6,10H2,1H3,(H,15,16,17). The molecule has 5 heteroatoms. The lowest BCUT2D eigenvalue weighted by molar-refractivity contribution is -0.123. The Balaban J connectivity index is 1.76. The van der Waals surface area contributed by atoms with Crippen LogP contribution in [-0.2, 0) is 9.53 Å². The Hall–Kier alpha value is -1.62. The molecule has 1 heterocycles. The van der Waals surface area contributed by atoms with E-state index >= 15 is 0 Å². The minimum atomic E-state index is -0.175. The molecular weight excluding hydrogens is 244 g/mol. The summed E-state index contributed by atoms with van der Waals surface area (Å²) in [7, 11) is 1.58. The van der Waals surface area contributed by atoms with Crippen LogP contribution in [0.5, 0.6) is 5.75 Å². The number of nitrogens with one attached hydrogen (secondary N) is 1. The molecule has 19 heavy (non-hydrogen) atoms. The van der Waals surface area contributed by atoms with E-state index in [2.05, 4.69) is 10.3 Å². The van der Waals surface area contributed by atoms with Gasteiger partial charge in [0.2, 0.25) is 0 Å². The van der Waals surface area contributed by atoms with E-state index in [0.29, 0.717) is 11.6 Å². The Labute approximate surface area is 113 Å². The molecule has 5 nitrogen and oxygen atoms in total. The largest absolute Gasteiger partial charge is 0.497 e. The van der Waals surface area contributed by atoms with Crippen molar-refractivity contribution in [1.82, 2.24) is 4.98 Å². The molecule has 0 aromatic carbocycles. The normalized spacial score (nSPS) is 16.1. The van der Waals surface area contributed by atoms with Crippen molar-refractivity contribution in [1.29, 1.82) is 0 Å². The van der Waals surface area contributed by atoms with Gasteiger partial charge in [0.1, 0.15) is 18.2 Å². The Morgan fingerprint density at radius 3 is 2.95 bits per heavy atom. The van der Waals surface area contributed by atoms with Gasteiger partial charge in [-0.1, -0.05) is 19.3 Å². The van der Waals surface area contributed by atoms with Gasteiger partial charge in [-0.2, -0.15) is 0 Å². The summed E-state index contributed by atoms with van der Waals surface area (Å²) in [6.45, 7) is 0.0869. The van der Waals surface area contributed by atoms with E-state index in [4.69, 9.17) is 9.47 Å². The summed E-state index contributed by atoms with van der Waals surface area (Å²) in [5.74, 6) is 0.974. The van der Waals surface area contributed by atoms with Crippen LogP contribution in [0, 0.1) is 0 Å². The van der Waals surface area contributed by atoms with E-state index in [0.717, 1.165) is 12.8 Å². The summed E-state index contributed by atoms with van der Waals surface area (Å²) in [6.07, 6.45) is 7.62. The van der Waals surface area contributed by atoms with Crippen LogP contribution in [0.25, 0.3) is 0 Å². The highest BCUT2D eigenvalue weighted by atomic mass is 16.5. The molecule has 104 valence electrons. The van der Waals surface area contributed by atoms with Crippen molar-refractivity contribution < 1.29 is 14.3 Å². The predicted octanol–water partition coefficient (Wildman–Crippen LogP) is 2.38. The van der Waals surface area contributed by atoms with Crippen molar-refractivity contribution in [2.24, 2.45) is 0 Å². The predicted molar refractivity (Wildman–Crippen MR) is 72.2 cm³/mol. The monoisotopic (exact) mass is 264 g/mol. The molecule has 0 bridgehead atoms. The molecule has 0 unspecified atom stereocenters. The molecular formula is C14H20N2O3. The third-order valence-corrected chi connectivity index (χ3v) is 3.24. The number of methoxy groups -OCH3 is 1. The zero-order chi connectivity index (χ0) is 13.5. The Kier molecular flexibility index (Phi) is 5.15. The third-order valence-electron chi connectivity index (χ3n) is 3.24. The van der Waals surface area contributed by atoms with Gasteiger partial charge >= 0.3 is 0 Å². The fourth-order valence-electron chi connectivity index (χ4n) is 2.21. The average Bonchev–Trinajstić information content (AvgIpc) is 2.46. The topological polar surface area (TPSA) is 60.5 Å². The number of hydrogen-bond acceptors (Lipinski definition) is 4. The molecule has 0 spiro atoms. The minimum absolute atomic E-state index is 0.0869. The van der Waals surface area contributed by atoms with Crippen LogP contribution in [0.2, 0.25) is 0 Å². The molecule has 0 aliphatic heterocycles. The zero-order valence-corrected chi connectivity index (χ0v) is 11.2. The molecule has 1 aliphatic rings. The molecule has 0 atom stereocenters. The Bertz CT molecular complexity index is 417. The number of rotatable bonds is 5. The quantitative estimate of drug-likeness (QED) is 0.887. The number of pyridine rings is 1. The van der Waals surface area contributed by atoms with Crippen molar-refractivity contribution in [3.8, 4) is 5.75 Å². The van der Waals surface area contributed by atoms with Crippen LogP contribution >= 0.6 is 0 Å². The number of aromatic nitrogens is 1. The lowest BCUT2D eigenvalue weighted by atomic mass is 9.98. The van der Waals surface area contributed by atoms with E-state index in [-0.39, 0.29) is 18.6 Å². The van der Waals surface area contributed by atoms with Crippen LogP contribution in [0.4, 0.5) is 5.82 Å². The van der Waals surface area contributed by atoms with Gasteiger partial charge in [-0.25, -0.2) is 4.98 Å². The molecule has 1 N–H and O–H groups in total. The van der Waals surface area contributed by atoms with Crippen molar-refractivity contribution in [3.05, 3.63) is 18.3 Å². The second-order valence-electron chi connectivity index (χ2n) is 4.70. The summed E-state index contributed by atoms with van der Waals surface area (Å²) in [6, 6.07) is 3.41. The van der Waals surface area contributed by atoms with Crippen LogP contribution < -0.4 is 10.1 Å². The fourth-order valence-corrected chi connectivity index (χ4v) is 2.21. The summed E-state index contributed by atoms with van der Waals surface area (Å²) in [4.78, 5) is 15.8. The maximum Gasteiger partial charge on any atom is 0.251 e. The van der Waals surface area contributed by atoms with E-state index in [1.165, 1.54) is 19.3 Å². The van der Waals surface area contributed by atoms with E-state index in [1.807, 2.05) is 0 Å². The highest BCUT2D eigenvalue weighted by molar-refractivity contribution is 5.90. The first-order chi connectivity index (χ1) is 9.28. The second-order valence-corrected chi connectivity index (χ2v) is 4.70. The number of hydrogen-bond donors (Lipinski definition) is 1. The summed E-state index contributed by atoms with van der Waals surface area (Å²) < 4.78 is 10.7. The van der Waals surface area contributed by atoms with Crippen molar-refractivity contribution in [2.75, 3.05) is 19.0 Å². The molecule has 0 saturated heterocycles. The fraction of sp³-hybridized carbons (Fsp3) is 0.571. The van der Waals surface area contributed by atoms with Gasteiger partial charge in [0.15, 0.2) is 0 Å². The molecule has 1 fully saturated rings. The summed E-state index contributed by atoms with van der Waals surface area (Å²) in [5, 5.41) is 2.70. The zero-order valence-electron chi connectivity index (χ0n) is 11.2. The first kappa shape index (κ1) is 13.8. The number of amides is 1. The SMILES string of the molecule is COc1ccnc(NC(=O)COC2CCCCC2)c1. The van der Waals surface area contributed by atoms with Crippen molar-refractivity contribution in [2.45, 2.75) is 38.2 Å². The van der Waals surface area contributed by atoms with Crippen molar-refractivity contribution >= 4 is 11.7 Å². The molecule has 1 aromatic heterocycles. The van der Waals surface area contributed by atoms with Crippen LogP contribution in [0.1, 0.15) is 32.1 Å². The molecule has 1 saturated carbocycles. The summed E-state index contributed by atoms with van der Waals surface area (Å²) >= 11 is 0. The lowest BCUT2D eigenvalue weighted by Crippen LogP contribution is -2.25. The molecule has 2 rings (SSSR count). The van der Waals surface area contributed by atoms with Gasteiger partial charge in [0, 0.05) is 12.3 Å². The second kappa shape index (κ2) is 7.09. The number of carbonyl (C=O) groups is 1. The van der Waals surface area contributed by atoms with Gasteiger partial charge in [-0.15, -0.1) is 0 Å². The van der Waals surface area contributed by atoms with E-state index in [1.54, 1.807) is 25.4 Å². The number of carbonyl (C=O) groups excluding carboxylic acids is 1. The van der Waals surface area contributed by atoms with E-state index in [9.17, 15) is 4.79 Å². The van der Waals surface area contributed by atoms with Crippen molar-refractivity contribution in [3.63, 3.8) is 0 Å². The van der Waals surface area contributed by atoms with Crippen LogP contribution in [0.15, 0.2) is 18.3 Å². The smallest absolute Gasteiger partial charge is 0.251 e. The first-order valence-corrected chi connectivity index (χ1v) is 6.69. The number of ether oxygens (including phenoxy) is 2. The number of nitrogens with zero attached hydrogens (tertiary/aromatic N) is 1. The Morgan fingerprint density at radius 2 is 2.21 bits per heavy atom. The third kappa shape index (κ3) is 4.52. The summed E-state index contributed by atoms with van der Waals surface area (Å²) in [5.41, 5.74) is 0. The first-order valence-electron chi connectivity index (χ1n) is 6.69. The van der Waals surface area contributed by atoms with Gasteiger partial charge in [-0.05, 0) is 18.9 Å². The highest BCUT2D eigenvalue weighted by Crippen LogP contribution is 2.20. The maximum atomic E-state index is 11.7. The lowest BCUT2D eigenvalue weighted by Gasteiger charge is -2.21. The highest BCUT2D eigenvalue weighted by Gasteiger charge is 2.15. The molecule has 1 aliphatic carbocycles. The van der Waals surface area contributed by atoms with Gasteiger partial charge < -0.3 is 14.8 Å². The van der Waals surface area contributed by atoms with Gasteiger partial charge in [0.05, 0.1) is 13.2 Å².